The minimum absolute atomic E-state index is 0.0325. The Balaban J connectivity index is 0.00000114. The van der Waals surface area contributed by atoms with Gasteiger partial charge in [0.05, 0.1) is 53.3 Å². The summed E-state index contributed by atoms with van der Waals surface area (Å²) in [6.07, 6.45) is 13.4. The highest BCUT2D eigenvalue weighted by Crippen LogP contribution is 2.33. The van der Waals surface area contributed by atoms with Crippen molar-refractivity contribution < 1.29 is 48.0 Å². The molecule has 5 rings (SSSR count). The van der Waals surface area contributed by atoms with Gasteiger partial charge >= 0.3 is 5.97 Å². The van der Waals surface area contributed by atoms with Crippen molar-refractivity contribution >= 4 is 41.5 Å². The van der Waals surface area contributed by atoms with Gasteiger partial charge in [-0.3, -0.25) is 19.3 Å². The molecule has 52 heavy (non-hydrogen) atoms. The number of carbonyl (C=O) groups is 5. The fourth-order valence-electron chi connectivity index (χ4n) is 7.99. The van der Waals surface area contributed by atoms with Gasteiger partial charge in [0.1, 0.15) is 11.9 Å². The van der Waals surface area contributed by atoms with Crippen molar-refractivity contribution in [2.45, 2.75) is 78.7 Å². The van der Waals surface area contributed by atoms with Gasteiger partial charge in [-0.25, -0.2) is 9.13 Å². The maximum absolute atomic E-state index is 13.5. The molecule has 0 unspecified atom stereocenters. The minimum atomic E-state index is -0.500. The molecule has 0 N–H and O–H groups in total. The number of benzene rings is 2. The van der Waals surface area contributed by atoms with Gasteiger partial charge in [0, 0.05) is 53.8 Å². The maximum Gasteiger partial charge on any atom is 0.309 e. The van der Waals surface area contributed by atoms with Gasteiger partial charge in [0.15, 0.2) is 0 Å². The lowest BCUT2D eigenvalue weighted by atomic mass is 9.88. The average Bonchev–Trinajstić information content (AvgIpc) is 3.62. The standard InChI is InChI=1S/C38H54N4O4.2CH2O2/c1-7-31-29(24-46-37(31)45)22-30-23-40(27-39(30)4)20-12-10-8-9-11-13-21-42(5,6)26-38(2,3)25-41-35(43)32-18-14-16-28-17-15-19-33(34(28)32)36(41)44;2*2-1-3/h14-19,23,27,29,31H,7-13,20-22,24-26H2,1-6H3;2*1H,(H,2,3)/q+2;;/p-2/t29-,31+;;/m0../s1. The fourth-order valence-corrected chi connectivity index (χ4v) is 7.99. The van der Waals surface area contributed by atoms with Gasteiger partial charge in [-0.2, -0.15) is 0 Å². The van der Waals surface area contributed by atoms with E-state index in [-0.39, 0.29) is 35.0 Å². The van der Waals surface area contributed by atoms with Crippen LogP contribution in [0.15, 0.2) is 48.9 Å². The lowest BCUT2D eigenvalue weighted by Crippen LogP contribution is -2.52. The highest BCUT2D eigenvalue weighted by molar-refractivity contribution is 6.25. The summed E-state index contributed by atoms with van der Waals surface area (Å²) in [5, 5.41) is 18.2. The lowest BCUT2D eigenvalue weighted by molar-refractivity contribution is -0.896. The number of quaternary nitrogens is 1. The zero-order valence-corrected chi connectivity index (χ0v) is 31.7. The number of hydrogen-bond acceptors (Lipinski definition) is 8. The van der Waals surface area contributed by atoms with Crippen LogP contribution >= 0.6 is 0 Å². The minimum Gasteiger partial charge on any atom is -0.554 e. The number of carboxylic acid groups (broad SMARTS) is 2. The molecule has 2 aliphatic rings. The van der Waals surface area contributed by atoms with Crippen molar-refractivity contribution in [3.63, 3.8) is 0 Å². The van der Waals surface area contributed by atoms with E-state index in [1.54, 1.807) is 0 Å². The van der Waals surface area contributed by atoms with E-state index in [0.717, 1.165) is 47.7 Å². The zero-order chi connectivity index (χ0) is 38.5. The van der Waals surface area contributed by atoms with E-state index in [1.807, 2.05) is 36.4 Å². The molecule has 2 aliphatic heterocycles. The molecule has 2 amide bonds. The third-order valence-electron chi connectivity index (χ3n) is 10.0. The Morgan fingerprint density at radius 2 is 1.48 bits per heavy atom. The molecule has 0 aliphatic carbocycles. The van der Waals surface area contributed by atoms with E-state index in [1.165, 1.54) is 49.1 Å². The van der Waals surface area contributed by atoms with E-state index in [9.17, 15) is 14.4 Å². The van der Waals surface area contributed by atoms with Crippen LogP contribution in [0.2, 0.25) is 0 Å². The number of esters is 1. The first-order valence-corrected chi connectivity index (χ1v) is 18.2. The first-order chi connectivity index (χ1) is 24.7. The SMILES string of the molecule is CC[C@H]1C(=O)OC[C@@H]1Cc1c[n+](CCCCCCCC[N+](C)(C)CC(C)(C)CN2C(=O)c3cccc4cccc(c34)C2=O)cn1C.O=C[O-].O=C[O-]. The van der Waals surface area contributed by atoms with Crippen molar-refractivity contribution in [3.05, 3.63) is 65.7 Å². The Labute approximate surface area is 307 Å². The van der Waals surface area contributed by atoms with Gasteiger partial charge in [-0.05, 0) is 49.6 Å². The van der Waals surface area contributed by atoms with Crippen LogP contribution in [-0.2, 0) is 39.1 Å². The van der Waals surface area contributed by atoms with E-state index in [4.69, 9.17) is 24.5 Å². The number of nitrogens with zero attached hydrogens (tertiary/aromatic N) is 4. The first kappa shape index (κ1) is 41.8. The summed E-state index contributed by atoms with van der Waals surface area (Å²) in [6, 6.07) is 11.4. The number of cyclic esters (lactones) is 1. The predicted molar refractivity (Wildman–Crippen MR) is 192 cm³/mol. The molecule has 0 saturated carbocycles. The smallest absolute Gasteiger partial charge is 0.309 e. The van der Waals surface area contributed by atoms with Crippen LogP contribution in [0.1, 0.15) is 92.1 Å². The van der Waals surface area contributed by atoms with E-state index in [2.05, 4.69) is 63.6 Å². The number of ether oxygens (including phenoxy) is 1. The van der Waals surface area contributed by atoms with E-state index >= 15 is 0 Å². The fraction of sp³-hybridized carbons (Fsp3) is 0.550. The molecule has 12 heteroatoms. The van der Waals surface area contributed by atoms with Crippen molar-refractivity contribution in [1.82, 2.24) is 9.47 Å². The topological polar surface area (TPSA) is 153 Å². The summed E-state index contributed by atoms with van der Waals surface area (Å²) in [6.45, 7) is 9.36. The first-order valence-electron chi connectivity index (χ1n) is 18.2. The molecular formula is C40H56N4O8. The molecule has 0 radical (unpaired) electrons. The highest BCUT2D eigenvalue weighted by atomic mass is 16.5. The Hall–Kier alpha value is -4.58. The Morgan fingerprint density at radius 3 is 2.06 bits per heavy atom. The Morgan fingerprint density at radius 1 is 0.923 bits per heavy atom. The molecule has 12 nitrogen and oxygen atoms in total. The predicted octanol–water partition coefficient (Wildman–Crippen LogP) is 2.68. The van der Waals surface area contributed by atoms with Crippen molar-refractivity contribution in [3.8, 4) is 0 Å². The van der Waals surface area contributed by atoms with Crippen molar-refractivity contribution in [1.29, 1.82) is 0 Å². The van der Waals surface area contributed by atoms with Gasteiger partial charge in [-0.1, -0.05) is 57.9 Å². The number of carbonyl (C=O) groups excluding carboxylic acids is 5. The van der Waals surface area contributed by atoms with Crippen molar-refractivity contribution in [2.75, 3.05) is 40.3 Å². The number of aryl methyl sites for hydroxylation is 2. The van der Waals surface area contributed by atoms with Crippen LogP contribution in [0.3, 0.4) is 0 Å². The molecule has 284 valence electrons. The summed E-state index contributed by atoms with van der Waals surface area (Å²) in [5.74, 6) is -0.0767. The van der Waals surface area contributed by atoms with Crippen molar-refractivity contribution in [2.24, 2.45) is 24.3 Å². The van der Waals surface area contributed by atoms with Gasteiger partial charge in [0.25, 0.3) is 11.8 Å². The second-order valence-electron chi connectivity index (χ2n) is 15.4. The molecule has 1 aromatic heterocycles. The summed E-state index contributed by atoms with van der Waals surface area (Å²) in [7, 11) is 6.63. The zero-order valence-electron chi connectivity index (χ0n) is 31.7. The quantitative estimate of drug-likeness (QED) is 0.0547. The van der Waals surface area contributed by atoms with Crippen LogP contribution in [0, 0.1) is 17.3 Å². The van der Waals surface area contributed by atoms with Crippen LogP contribution in [0.5, 0.6) is 0 Å². The molecule has 1 fully saturated rings. The van der Waals surface area contributed by atoms with Crippen LogP contribution in [0.4, 0.5) is 0 Å². The van der Waals surface area contributed by atoms with Gasteiger partial charge < -0.3 is 29.0 Å². The molecule has 0 bridgehead atoms. The number of unbranched alkanes of at least 4 members (excludes halogenated alkanes) is 5. The molecule has 1 saturated heterocycles. The van der Waals surface area contributed by atoms with Crippen LogP contribution < -0.4 is 14.8 Å². The number of imide groups is 1. The normalized spacial score (nSPS) is 16.9. The van der Waals surface area contributed by atoms with Gasteiger partial charge in [0.2, 0.25) is 6.33 Å². The van der Waals surface area contributed by atoms with Crippen LogP contribution in [-0.4, -0.2) is 85.0 Å². The number of rotatable bonds is 16. The molecular weight excluding hydrogens is 664 g/mol. The van der Waals surface area contributed by atoms with Crippen LogP contribution in [0.25, 0.3) is 10.8 Å². The third-order valence-corrected chi connectivity index (χ3v) is 10.0. The van der Waals surface area contributed by atoms with Gasteiger partial charge in [-0.15, -0.1) is 0 Å². The number of hydrogen-bond donors (Lipinski definition) is 0. The molecule has 3 heterocycles. The summed E-state index contributed by atoms with van der Waals surface area (Å²) < 4.78 is 10.7. The van der Waals surface area contributed by atoms with E-state index in [0.29, 0.717) is 24.3 Å². The number of imidazole rings is 1. The Kier molecular flexibility index (Phi) is 15.5. The molecule has 3 aromatic rings. The summed E-state index contributed by atoms with van der Waals surface area (Å²) in [5.41, 5.74) is 2.30. The Bertz CT molecular complexity index is 1620. The monoisotopic (exact) mass is 720 g/mol. The molecule has 2 aromatic carbocycles. The lowest BCUT2D eigenvalue weighted by Gasteiger charge is -2.40. The number of amides is 2. The number of aromatic nitrogens is 2. The molecule has 2 atom stereocenters. The average molecular weight is 721 g/mol. The maximum atomic E-state index is 13.5. The largest absolute Gasteiger partial charge is 0.554 e. The molecule has 0 spiro atoms. The summed E-state index contributed by atoms with van der Waals surface area (Å²) >= 11 is 0. The van der Waals surface area contributed by atoms with E-state index < -0.39 is 12.9 Å². The second kappa shape index (κ2) is 19.3. The highest BCUT2D eigenvalue weighted by Gasteiger charge is 2.39. The second-order valence-corrected chi connectivity index (χ2v) is 15.4. The third kappa shape index (κ3) is 11.2. The summed E-state index contributed by atoms with van der Waals surface area (Å²) in [4.78, 5) is 56.8.